The van der Waals surface area contributed by atoms with Crippen molar-refractivity contribution in [2.75, 3.05) is 6.61 Å². The summed E-state index contributed by atoms with van der Waals surface area (Å²) in [7, 11) is 0. The van der Waals surface area contributed by atoms with Crippen molar-refractivity contribution >= 4 is 21.9 Å². The first kappa shape index (κ1) is 12.9. The molecule has 0 aliphatic heterocycles. The summed E-state index contributed by atoms with van der Waals surface area (Å²) in [5, 5.41) is 0. The minimum Gasteiger partial charge on any atom is -0.463 e. The Kier molecular flexibility index (Phi) is 5.19. The Balaban J connectivity index is 2.54. The van der Waals surface area contributed by atoms with Crippen molar-refractivity contribution in [2.45, 2.75) is 13.3 Å². The summed E-state index contributed by atoms with van der Waals surface area (Å²) in [5.41, 5.74) is 0.807. The lowest BCUT2D eigenvalue weighted by Crippen LogP contribution is -1.99. The number of esters is 1. The molecule has 0 radical (unpaired) electrons. The van der Waals surface area contributed by atoms with Gasteiger partial charge in [-0.05, 0) is 47.0 Å². The zero-order valence-corrected chi connectivity index (χ0v) is 10.5. The largest absolute Gasteiger partial charge is 0.463 e. The van der Waals surface area contributed by atoms with Crippen LogP contribution in [0.25, 0.3) is 0 Å². The Bertz CT molecular complexity index is 402. The van der Waals surface area contributed by atoms with E-state index in [9.17, 15) is 9.18 Å². The van der Waals surface area contributed by atoms with Crippen LogP contribution >= 0.6 is 15.9 Å². The van der Waals surface area contributed by atoms with Crippen LogP contribution < -0.4 is 0 Å². The molecule has 0 unspecified atom stereocenters. The average molecular weight is 287 g/mol. The van der Waals surface area contributed by atoms with E-state index in [2.05, 4.69) is 15.9 Å². The van der Waals surface area contributed by atoms with Gasteiger partial charge in [0.2, 0.25) is 0 Å². The zero-order valence-electron chi connectivity index (χ0n) is 8.87. The molecule has 0 aliphatic carbocycles. The van der Waals surface area contributed by atoms with Gasteiger partial charge in [-0.2, -0.15) is 0 Å². The number of benzene rings is 1. The molecule has 0 atom stereocenters. The van der Waals surface area contributed by atoms with Crippen molar-refractivity contribution in [1.82, 2.24) is 0 Å². The molecule has 16 heavy (non-hydrogen) atoms. The topological polar surface area (TPSA) is 26.3 Å². The Labute approximate surface area is 102 Å². The first-order chi connectivity index (χ1) is 7.63. The van der Waals surface area contributed by atoms with Crippen molar-refractivity contribution in [1.29, 1.82) is 0 Å². The van der Waals surface area contributed by atoms with Gasteiger partial charge < -0.3 is 4.74 Å². The number of allylic oxidation sites excluding steroid dienone is 1. The van der Waals surface area contributed by atoms with Gasteiger partial charge in [0.1, 0.15) is 5.82 Å². The average Bonchev–Trinajstić information content (AvgIpc) is 2.24. The molecule has 0 amide bonds. The van der Waals surface area contributed by atoms with Crippen LogP contribution in [0.3, 0.4) is 0 Å². The van der Waals surface area contributed by atoms with Gasteiger partial charge in [0.25, 0.3) is 0 Å². The fourth-order valence-electron chi connectivity index (χ4n) is 1.15. The second-order valence-corrected chi connectivity index (χ2v) is 3.96. The summed E-state index contributed by atoms with van der Waals surface area (Å²) < 4.78 is 18.3. The molecule has 0 spiro atoms. The molecule has 0 aromatic heterocycles. The predicted octanol–water partition coefficient (Wildman–Crippen LogP) is 3.25. The van der Waals surface area contributed by atoms with Crippen LogP contribution in [0.15, 0.2) is 34.8 Å². The monoisotopic (exact) mass is 286 g/mol. The highest BCUT2D eigenvalue weighted by atomic mass is 79.9. The van der Waals surface area contributed by atoms with E-state index in [0.29, 0.717) is 17.5 Å². The number of halogens is 2. The SMILES string of the molecule is CCOC(=O)C=CCc1ccc(Br)c(F)c1. The summed E-state index contributed by atoms with van der Waals surface area (Å²) in [4.78, 5) is 11.0. The molecule has 2 nitrogen and oxygen atoms in total. The lowest BCUT2D eigenvalue weighted by molar-refractivity contribution is -0.137. The summed E-state index contributed by atoms with van der Waals surface area (Å²) >= 11 is 3.07. The van der Waals surface area contributed by atoms with Crippen LogP contribution in [-0.4, -0.2) is 12.6 Å². The van der Waals surface area contributed by atoms with Gasteiger partial charge in [0, 0.05) is 6.08 Å². The minimum absolute atomic E-state index is 0.304. The van der Waals surface area contributed by atoms with Gasteiger partial charge >= 0.3 is 5.97 Å². The Morgan fingerprint density at radius 3 is 2.94 bits per heavy atom. The molecule has 0 bridgehead atoms. The van der Waals surface area contributed by atoms with E-state index < -0.39 is 0 Å². The van der Waals surface area contributed by atoms with E-state index >= 15 is 0 Å². The maximum absolute atomic E-state index is 13.1. The molecule has 4 heteroatoms. The Hall–Kier alpha value is -1.16. The van der Waals surface area contributed by atoms with E-state index in [-0.39, 0.29) is 11.8 Å². The number of hydrogen-bond acceptors (Lipinski definition) is 2. The maximum atomic E-state index is 13.1. The molecule has 0 saturated heterocycles. The smallest absolute Gasteiger partial charge is 0.330 e. The van der Waals surface area contributed by atoms with Crippen molar-refractivity contribution in [2.24, 2.45) is 0 Å². The van der Waals surface area contributed by atoms with Crippen molar-refractivity contribution < 1.29 is 13.9 Å². The zero-order chi connectivity index (χ0) is 12.0. The molecular weight excluding hydrogens is 275 g/mol. The molecule has 0 heterocycles. The van der Waals surface area contributed by atoms with Crippen LogP contribution in [-0.2, 0) is 16.0 Å². The molecule has 0 saturated carbocycles. The van der Waals surface area contributed by atoms with Crippen LogP contribution in [0, 0.1) is 5.82 Å². The van der Waals surface area contributed by atoms with Crippen molar-refractivity contribution in [3.63, 3.8) is 0 Å². The predicted molar refractivity (Wildman–Crippen MR) is 63.6 cm³/mol. The lowest BCUT2D eigenvalue weighted by atomic mass is 10.1. The van der Waals surface area contributed by atoms with E-state index in [4.69, 9.17) is 4.74 Å². The highest BCUT2D eigenvalue weighted by molar-refractivity contribution is 9.10. The molecule has 1 aromatic rings. The van der Waals surface area contributed by atoms with Crippen molar-refractivity contribution in [3.8, 4) is 0 Å². The Morgan fingerprint density at radius 2 is 2.31 bits per heavy atom. The number of carbonyl (C=O) groups is 1. The van der Waals surface area contributed by atoms with E-state index in [1.165, 1.54) is 12.1 Å². The standard InChI is InChI=1S/C12H12BrFO2/c1-2-16-12(15)5-3-4-9-6-7-10(13)11(14)8-9/h3,5-8H,2,4H2,1H3. The van der Waals surface area contributed by atoms with Gasteiger partial charge in [0.15, 0.2) is 0 Å². The normalized spacial score (nSPS) is 10.7. The highest BCUT2D eigenvalue weighted by Crippen LogP contribution is 2.16. The fraction of sp³-hybridized carbons (Fsp3) is 0.250. The molecular formula is C12H12BrFO2. The van der Waals surface area contributed by atoms with Gasteiger partial charge in [-0.25, -0.2) is 9.18 Å². The lowest BCUT2D eigenvalue weighted by Gasteiger charge is -1.99. The third kappa shape index (κ3) is 4.14. The van der Waals surface area contributed by atoms with Crippen LogP contribution in [0.1, 0.15) is 12.5 Å². The van der Waals surface area contributed by atoms with Gasteiger partial charge in [-0.15, -0.1) is 0 Å². The van der Waals surface area contributed by atoms with Gasteiger partial charge in [-0.3, -0.25) is 0 Å². The number of ether oxygens (including phenoxy) is 1. The van der Waals surface area contributed by atoms with Crippen molar-refractivity contribution in [3.05, 3.63) is 46.2 Å². The molecule has 0 aliphatic rings. The Morgan fingerprint density at radius 1 is 1.56 bits per heavy atom. The highest BCUT2D eigenvalue weighted by Gasteiger charge is 1.99. The third-order valence-corrected chi connectivity index (χ3v) is 2.52. The maximum Gasteiger partial charge on any atom is 0.330 e. The number of rotatable bonds is 4. The van der Waals surface area contributed by atoms with Gasteiger partial charge in [0.05, 0.1) is 11.1 Å². The third-order valence-electron chi connectivity index (χ3n) is 1.88. The van der Waals surface area contributed by atoms with Crippen LogP contribution in [0.5, 0.6) is 0 Å². The second kappa shape index (κ2) is 6.43. The second-order valence-electron chi connectivity index (χ2n) is 3.11. The molecule has 86 valence electrons. The van der Waals surface area contributed by atoms with E-state index in [0.717, 1.165) is 5.56 Å². The first-order valence-corrected chi connectivity index (χ1v) is 5.70. The quantitative estimate of drug-likeness (QED) is 0.627. The van der Waals surface area contributed by atoms with Gasteiger partial charge in [-0.1, -0.05) is 12.1 Å². The number of carbonyl (C=O) groups excluding carboxylic acids is 1. The molecule has 1 rings (SSSR count). The van der Waals surface area contributed by atoms with Crippen LogP contribution in [0.4, 0.5) is 4.39 Å². The summed E-state index contributed by atoms with van der Waals surface area (Å²) in [6.07, 6.45) is 3.51. The minimum atomic E-state index is -0.375. The fourth-order valence-corrected chi connectivity index (χ4v) is 1.39. The molecule has 1 aromatic carbocycles. The summed E-state index contributed by atoms with van der Waals surface area (Å²) in [6.45, 7) is 2.10. The number of hydrogen-bond donors (Lipinski definition) is 0. The van der Waals surface area contributed by atoms with E-state index in [1.807, 2.05) is 0 Å². The molecule has 0 N–H and O–H groups in total. The van der Waals surface area contributed by atoms with Crippen LogP contribution in [0.2, 0.25) is 0 Å². The molecule has 0 fully saturated rings. The van der Waals surface area contributed by atoms with E-state index in [1.54, 1.807) is 25.1 Å². The summed E-state index contributed by atoms with van der Waals surface area (Å²) in [5.74, 6) is -0.679. The summed E-state index contributed by atoms with van der Waals surface area (Å²) in [6, 6.07) is 4.87. The first-order valence-electron chi connectivity index (χ1n) is 4.90.